The number of halogens is 1. The second-order valence-corrected chi connectivity index (χ2v) is 7.97. The van der Waals surface area contributed by atoms with Gasteiger partial charge >= 0.3 is 0 Å². The predicted molar refractivity (Wildman–Crippen MR) is 84.9 cm³/mol. The van der Waals surface area contributed by atoms with Crippen molar-refractivity contribution in [2.45, 2.75) is 25.3 Å². The second-order valence-electron chi connectivity index (χ2n) is 5.62. The minimum absolute atomic E-state index is 0.0807. The van der Waals surface area contributed by atoms with Gasteiger partial charge in [0.15, 0.2) is 0 Å². The second kappa shape index (κ2) is 5.28. The first-order valence-electron chi connectivity index (χ1n) is 6.85. The molecule has 1 aliphatic carbocycles. The Kier molecular flexibility index (Phi) is 3.73. The molecule has 5 nitrogen and oxygen atoms in total. The van der Waals surface area contributed by atoms with Gasteiger partial charge < -0.3 is 4.98 Å². The van der Waals surface area contributed by atoms with Crippen LogP contribution in [-0.2, 0) is 23.1 Å². The molecule has 1 aromatic heterocycles. The van der Waals surface area contributed by atoms with E-state index in [1.165, 1.54) is 29.7 Å². The fourth-order valence-electron chi connectivity index (χ4n) is 2.81. The maximum atomic E-state index is 12.0. The van der Waals surface area contributed by atoms with E-state index >= 15 is 0 Å². The number of nitrogens with zero attached hydrogens (tertiary/aromatic N) is 1. The Morgan fingerprint density at radius 3 is 2.86 bits per heavy atom. The number of H-pyrrole nitrogens is 1. The van der Waals surface area contributed by atoms with Gasteiger partial charge in [-0.25, -0.2) is 0 Å². The molecule has 0 spiro atoms. The first kappa shape index (κ1) is 14.8. The lowest BCUT2D eigenvalue weighted by Gasteiger charge is -2.25. The molecule has 1 aliphatic rings. The molecule has 3 rings (SSSR count). The topological polar surface area (TPSA) is 65.2 Å². The maximum Gasteiger partial charge on any atom is 0.279 e. The monoisotopic (exact) mass is 327 g/mol. The van der Waals surface area contributed by atoms with Crippen LogP contribution < -0.4 is 4.72 Å². The predicted octanol–water partition coefficient (Wildman–Crippen LogP) is 2.07. The number of aryl methyl sites for hydroxylation is 1. The fourth-order valence-corrected chi connectivity index (χ4v) is 3.81. The summed E-state index contributed by atoms with van der Waals surface area (Å²) in [5, 5.41) is 1.78. The fraction of sp³-hybridized carbons (Fsp3) is 0.429. The van der Waals surface area contributed by atoms with Gasteiger partial charge in [0.25, 0.3) is 10.2 Å². The third-order valence-corrected chi connectivity index (χ3v) is 5.77. The quantitative estimate of drug-likeness (QED) is 0.906. The summed E-state index contributed by atoms with van der Waals surface area (Å²) in [4.78, 5) is 3.40. The molecular formula is C14H18ClN3O2S. The molecular weight excluding hydrogens is 310 g/mol. The maximum absolute atomic E-state index is 12.0. The molecule has 2 N–H and O–H groups in total. The largest absolute Gasteiger partial charge is 0.358 e. The van der Waals surface area contributed by atoms with Gasteiger partial charge in [-0.2, -0.15) is 17.4 Å². The van der Waals surface area contributed by atoms with E-state index in [0.29, 0.717) is 11.4 Å². The van der Waals surface area contributed by atoms with E-state index in [1.807, 2.05) is 18.2 Å². The average Bonchev–Trinajstić information content (AvgIpc) is 2.76. The molecule has 0 amide bonds. The summed E-state index contributed by atoms with van der Waals surface area (Å²) >= 11 is 6.07. The number of hydrogen-bond acceptors (Lipinski definition) is 2. The normalized spacial score (nSPS) is 19.1. The number of aromatic amines is 1. The van der Waals surface area contributed by atoms with Gasteiger partial charge in [-0.3, -0.25) is 0 Å². The number of nitrogens with one attached hydrogen (secondary N) is 2. The zero-order chi connectivity index (χ0) is 15.2. The first-order chi connectivity index (χ1) is 9.87. The highest BCUT2D eigenvalue weighted by molar-refractivity contribution is 7.87. The molecule has 0 fully saturated rings. The number of hydrogen-bond donors (Lipinski definition) is 2. The van der Waals surface area contributed by atoms with Crippen molar-refractivity contribution in [1.29, 1.82) is 0 Å². The van der Waals surface area contributed by atoms with E-state index in [4.69, 9.17) is 11.6 Å². The molecule has 0 aliphatic heterocycles. The van der Waals surface area contributed by atoms with Crippen molar-refractivity contribution in [1.82, 2.24) is 14.0 Å². The SMILES string of the molecule is CN(C)S(=O)(=O)NC1CCc2[nH]c3ccc(Cl)cc3c2C1. The highest BCUT2D eigenvalue weighted by Gasteiger charge is 2.26. The lowest BCUT2D eigenvalue weighted by molar-refractivity contribution is 0.465. The molecule has 0 saturated carbocycles. The van der Waals surface area contributed by atoms with Crippen LogP contribution in [-0.4, -0.2) is 37.8 Å². The Hall–Kier alpha value is -1.08. The third-order valence-electron chi connectivity index (χ3n) is 3.95. The summed E-state index contributed by atoms with van der Waals surface area (Å²) in [6.45, 7) is 0. The van der Waals surface area contributed by atoms with Crippen molar-refractivity contribution in [2.75, 3.05) is 14.1 Å². The standard InChI is InChI=1S/C14H18ClN3O2S/c1-18(2)21(19,20)17-10-4-6-14-12(8-10)11-7-9(15)3-5-13(11)16-14/h3,5,7,10,16-17H,4,6,8H2,1-2H3. The Morgan fingerprint density at radius 1 is 1.38 bits per heavy atom. The average molecular weight is 328 g/mol. The van der Waals surface area contributed by atoms with Crippen molar-refractivity contribution in [3.8, 4) is 0 Å². The Bertz CT molecular complexity index is 783. The minimum atomic E-state index is -3.40. The molecule has 0 bridgehead atoms. The van der Waals surface area contributed by atoms with Crippen LogP contribution in [0.1, 0.15) is 17.7 Å². The molecule has 0 saturated heterocycles. The molecule has 2 aromatic rings. The van der Waals surface area contributed by atoms with Crippen LogP contribution in [0.25, 0.3) is 10.9 Å². The van der Waals surface area contributed by atoms with Crippen LogP contribution in [0, 0.1) is 0 Å². The van der Waals surface area contributed by atoms with E-state index in [0.717, 1.165) is 23.7 Å². The molecule has 114 valence electrons. The van der Waals surface area contributed by atoms with Gasteiger partial charge in [-0.15, -0.1) is 0 Å². The summed E-state index contributed by atoms with van der Waals surface area (Å²) in [6.07, 6.45) is 2.31. The van der Waals surface area contributed by atoms with E-state index in [2.05, 4.69) is 9.71 Å². The molecule has 0 radical (unpaired) electrons. The van der Waals surface area contributed by atoms with Gasteiger partial charge in [-0.05, 0) is 43.0 Å². The molecule has 21 heavy (non-hydrogen) atoms. The molecule has 7 heteroatoms. The number of benzene rings is 1. The smallest absolute Gasteiger partial charge is 0.279 e. The van der Waals surface area contributed by atoms with E-state index in [-0.39, 0.29) is 6.04 Å². The van der Waals surface area contributed by atoms with Crippen LogP contribution in [0.5, 0.6) is 0 Å². The summed E-state index contributed by atoms with van der Waals surface area (Å²) in [7, 11) is -0.338. The first-order valence-corrected chi connectivity index (χ1v) is 8.67. The summed E-state index contributed by atoms with van der Waals surface area (Å²) in [6, 6.07) is 5.69. The van der Waals surface area contributed by atoms with Crippen molar-refractivity contribution in [3.05, 3.63) is 34.5 Å². The van der Waals surface area contributed by atoms with Gasteiger partial charge in [0.05, 0.1) is 0 Å². The lowest BCUT2D eigenvalue weighted by Crippen LogP contribution is -2.44. The van der Waals surface area contributed by atoms with Gasteiger partial charge in [0, 0.05) is 41.8 Å². The Balaban J connectivity index is 1.91. The number of rotatable bonds is 3. The highest BCUT2D eigenvalue weighted by Crippen LogP contribution is 2.31. The van der Waals surface area contributed by atoms with Crippen LogP contribution in [0.2, 0.25) is 5.02 Å². The van der Waals surface area contributed by atoms with Crippen LogP contribution in [0.3, 0.4) is 0 Å². The van der Waals surface area contributed by atoms with Crippen molar-refractivity contribution >= 4 is 32.7 Å². The van der Waals surface area contributed by atoms with E-state index in [9.17, 15) is 8.42 Å². The molecule has 1 heterocycles. The molecule has 1 unspecified atom stereocenters. The Labute approximate surface area is 129 Å². The summed E-state index contributed by atoms with van der Waals surface area (Å²) in [5.74, 6) is 0. The van der Waals surface area contributed by atoms with Crippen molar-refractivity contribution in [3.63, 3.8) is 0 Å². The minimum Gasteiger partial charge on any atom is -0.358 e. The lowest BCUT2D eigenvalue weighted by atomic mass is 9.92. The van der Waals surface area contributed by atoms with Crippen LogP contribution in [0.15, 0.2) is 18.2 Å². The van der Waals surface area contributed by atoms with E-state index < -0.39 is 10.2 Å². The van der Waals surface area contributed by atoms with Crippen molar-refractivity contribution < 1.29 is 8.42 Å². The highest BCUT2D eigenvalue weighted by atomic mass is 35.5. The third kappa shape index (κ3) is 2.81. The molecule has 1 atom stereocenters. The van der Waals surface area contributed by atoms with Gasteiger partial charge in [-0.1, -0.05) is 11.6 Å². The Morgan fingerprint density at radius 2 is 2.14 bits per heavy atom. The summed E-state index contributed by atoms with van der Waals surface area (Å²) in [5.41, 5.74) is 3.42. The molecule has 1 aromatic carbocycles. The van der Waals surface area contributed by atoms with Crippen LogP contribution in [0.4, 0.5) is 0 Å². The number of fused-ring (bicyclic) bond motifs is 3. The van der Waals surface area contributed by atoms with Crippen LogP contribution >= 0.6 is 11.6 Å². The zero-order valence-electron chi connectivity index (χ0n) is 12.0. The number of aromatic nitrogens is 1. The summed E-state index contributed by atoms with van der Waals surface area (Å²) < 4.78 is 27.9. The van der Waals surface area contributed by atoms with Gasteiger partial charge in [0.2, 0.25) is 0 Å². The van der Waals surface area contributed by atoms with E-state index in [1.54, 1.807) is 0 Å². The van der Waals surface area contributed by atoms with Gasteiger partial charge in [0.1, 0.15) is 0 Å². The zero-order valence-corrected chi connectivity index (χ0v) is 13.6. The van der Waals surface area contributed by atoms with Crippen molar-refractivity contribution in [2.24, 2.45) is 0 Å².